The van der Waals surface area contributed by atoms with E-state index in [1.165, 1.54) is 10.4 Å². The molecule has 1 amide bonds. The Balaban J connectivity index is 1.21. The third-order valence-electron chi connectivity index (χ3n) is 5.81. The van der Waals surface area contributed by atoms with E-state index in [1.807, 2.05) is 24.3 Å². The Morgan fingerprint density at radius 2 is 1.94 bits per heavy atom. The molecule has 2 aromatic carbocycles. The van der Waals surface area contributed by atoms with E-state index >= 15 is 0 Å². The smallest absolute Gasteiger partial charge is 0.257 e. The van der Waals surface area contributed by atoms with Crippen molar-refractivity contribution in [3.05, 3.63) is 59.2 Å². The van der Waals surface area contributed by atoms with Crippen LogP contribution in [-0.4, -0.2) is 69.6 Å². The van der Waals surface area contributed by atoms with E-state index < -0.39 is 10.0 Å². The van der Waals surface area contributed by atoms with Gasteiger partial charge in [0.25, 0.3) is 5.91 Å². The normalized spacial score (nSPS) is 14.5. The number of hydrogen-bond acceptors (Lipinski definition) is 7. The maximum absolute atomic E-state index is 12.8. The fraction of sp³-hybridized carbons (Fsp3) is 0.360. The highest BCUT2D eigenvalue weighted by Crippen LogP contribution is 2.25. The lowest BCUT2D eigenvalue weighted by molar-refractivity contribution is -0.123. The molecular formula is C25H29ClN4O5S. The summed E-state index contributed by atoms with van der Waals surface area (Å²) in [4.78, 5) is 16.7. The maximum Gasteiger partial charge on any atom is 0.257 e. The number of carbonyl (C=O) groups is 1. The zero-order valence-corrected chi connectivity index (χ0v) is 21.6. The van der Waals surface area contributed by atoms with Crippen LogP contribution in [0.1, 0.15) is 12.0 Å². The number of sulfonamides is 1. The Kier molecular flexibility index (Phi) is 8.63. The summed E-state index contributed by atoms with van der Waals surface area (Å²) in [6.45, 7) is 4.21. The number of halogens is 1. The van der Waals surface area contributed by atoms with Gasteiger partial charge in [-0.3, -0.25) is 9.78 Å². The van der Waals surface area contributed by atoms with E-state index in [1.54, 1.807) is 25.3 Å². The van der Waals surface area contributed by atoms with Crippen molar-refractivity contribution in [3.8, 4) is 5.75 Å². The standard InChI is InChI=1S/C25H29ClN4O5S/c1-18-15-20(36(32,33)30-11-13-34-14-12-30)4-6-24(18)35-17-25(31)29-9-2-8-27-22-7-10-28-23-16-19(26)3-5-21(22)23/h3-7,10,15-16H,2,8-9,11-14,17H2,1H3,(H,27,28)(H,29,31). The lowest BCUT2D eigenvalue weighted by Gasteiger charge is -2.26. The van der Waals surface area contributed by atoms with Crippen LogP contribution >= 0.6 is 11.6 Å². The number of aromatic nitrogens is 1. The van der Waals surface area contributed by atoms with Crippen LogP contribution in [0, 0.1) is 6.92 Å². The van der Waals surface area contributed by atoms with Crippen molar-refractivity contribution in [1.29, 1.82) is 0 Å². The maximum atomic E-state index is 12.8. The third-order valence-corrected chi connectivity index (χ3v) is 7.94. The van der Waals surface area contributed by atoms with Gasteiger partial charge in [-0.25, -0.2) is 8.42 Å². The number of amides is 1. The number of carbonyl (C=O) groups excluding carboxylic acids is 1. The molecule has 0 atom stereocenters. The van der Waals surface area contributed by atoms with Gasteiger partial charge in [-0.1, -0.05) is 11.6 Å². The minimum atomic E-state index is -3.58. The van der Waals surface area contributed by atoms with Crippen molar-refractivity contribution in [2.75, 3.05) is 51.3 Å². The Labute approximate surface area is 215 Å². The highest BCUT2D eigenvalue weighted by Gasteiger charge is 2.26. The number of aryl methyl sites for hydroxylation is 1. The molecule has 1 saturated heterocycles. The molecule has 2 heterocycles. The predicted molar refractivity (Wildman–Crippen MR) is 139 cm³/mol. The summed E-state index contributed by atoms with van der Waals surface area (Å²) in [5.41, 5.74) is 2.42. The Morgan fingerprint density at radius 1 is 1.14 bits per heavy atom. The molecule has 0 saturated carbocycles. The van der Waals surface area contributed by atoms with Gasteiger partial charge in [-0.05, 0) is 61.4 Å². The van der Waals surface area contributed by atoms with Crippen molar-refractivity contribution in [1.82, 2.24) is 14.6 Å². The molecule has 0 radical (unpaired) electrons. The number of nitrogens with one attached hydrogen (secondary N) is 2. The molecule has 1 aromatic heterocycles. The molecule has 0 bridgehead atoms. The fourth-order valence-corrected chi connectivity index (χ4v) is 5.55. The van der Waals surface area contributed by atoms with Crippen molar-refractivity contribution >= 4 is 44.1 Å². The highest BCUT2D eigenvalue weighted by atomic mass is 35.5. The molecule has 9 nitrogen and oxygen atoms in total. The largest absolute Gasteiger partial charge is 0.484 e. The minimum Gasteiger partial charge on any atom is -0.484 e. The zero-order chi connectivity index (χ0) is 25.5. The summed E-state index contributed by atoms with van der Waals surface area (Å²) in [7, 11) is -3.58. The molecule has 0 aliphatic carbocycles. The van der Waals surface area contributed by atoms with Crippen LogP contribution in [-0.2, 0) is 19.6 Å². The number of benzene rings is 2. The molecule has 1 aliphatic rings. The van der Waals surface area contributed by atoms with Gasteiger partial charge in [0.1, 0.15) is 5.75 Å². The summed E-state index contributed by atoms with van der Waals surface area (Å²) in [6.07, 6.45) is 2.45. The molecule has 192 valence electrons. The van der Waals surface area contributed by atoms with Gasteiger partial charge in [0, 0.05) is 48.5 Å². The first-order chi connectivity index (χ1) is 17.3. The first-order valence-corrected chi connectivity index (χ1v) is 13.5. The molecule has 0 unspecified atom stereocenters. The highest BCUT2D eigenvalue weighted by molar-refractivity contribution is 7.89. The average molecular weight is 533 g/mol. The molecule has 1 fully saturated rings. The van der Waals surface area contributed by atoms with E-state index in [2.05, 4.69) is 15.6 Å². The van der Waals surface area contributed by atoms with Crippen LogP contribution in [0.5, 0.6) is 5.75 Å². The fourth-order valence-electron chi connectivity index (χ4n) is 3.89. The van der Waals surface area contributed by atoms with Crippen LogP contribution in [0.2, 0.25) is 5.02 Å². The first kappa shape index (κ1) is 26.2. The van der Waals surface area contributed by atoms with Crippen molar-refractivity contribution in [2.45, 2.75) is 18.2 Å². The lowest BCUT2D eigenvalue weighted by Crippen LogP contribution is -2.40. The van der Waals surface area contributed by atoms with Gasteiger partial charge in [0.15, 0.2) is 6.61 Å². The molecule has 36 heavy (non-hydrogen) atoms. The van der Waals surface area contributed by atoms with Crippen molar-refractivity contribution in [3.63, 3.8) is 0 Å². The number of nitrogens with zero attached hydrogens (tertiary/aromatic N) is 2. The van der Waals surface area contributed by atoms with Crippen molar-refractivity contribution < 1.29 is 22.7 Å². The average Bonchev–Trinajstić information content (AvgIpc) is 2.88. The summed E-state index contributed by atoms with van der Waals surface area (Å²) in [5, 5.41) is 7.82. The molecular weight excluding hydrogens is 504 g/mol. The molecule has 1 aliphatic heterocycles. The van der Waals surface area contributed by atoms with E-state index in [0.717, 1.165) is 23.0 Å². The quantitative estimate of drug-likeness (QED) is 0.386. The molecule has 0 spiro atoms. The summed E-state index contributed by atoms with van der Waals surface area (Å²) < 4.78 is 37.9. The van der Waals surface area contributed by atoms with Crippen LogP contribution in [0.25, 0.3) is 10.9 Å². The van der Waals surface area contributed by atoms with Crippen LogP contribution in [0.4, 0.5) is 5.69 Å². The number of rotatable bonds is 10. The van der Waals surface area contributed by atoms with Gasteiger partial charge >= 0.3 is 0 Å². The second-order valence-corrected chi connectivity index (χ2v) is 10.8. The number of pyridine rings is 1. The third kappa shape index (κ3) is 6.44. The van der Waals surface area contributed by atoms with E-state index in [4.69, 9.17) is 21.1 Å². The Bertz CT molecular complexity index is 1330. The first-order valence-electron chi connectivity index (χ1n) is 11.7. The number of ether oxygens (including phenoxy) is 2. The summed E-state index contributed by atoms with van der Waals surface area (Å²) >= 11 is 6.03. The summed E-state index contributed by atoms with van der Waals surface area (Å²) in [5.74, 6) is 0.223. The SMILES string of the molecule is Cc1cc(S(=O)(=O)N2CCOCC2)ccc1OCC(=O)NCCCNc1ccnc2cc(Cl)ccc12. The number of anilines is 1. The van der Waals surface area contributed by atoms with Gasteiger partial charge in [0.05, 0.1) is 23.6 Å². The zero-order valence-electron chi connectivity index (χ0n) is 20.0. The Morgan fingerprint density at radius 3 is 2.72 bits per heavy atom. The van der Waals surface area contributed by atoms with E-state index in [9.17, 15) is 13.2 Å². The van der Waals surface area contributed by atoms with Crippen LogP contribution in [0.15, 0.2) is 53.6 Å². The molecule has 4 rings (SSSR count). The topological polar surface area (TPSA) is 110 Å². The van der Waals surface area contributed by atoms with Crippen LogP contribution in [0.3, 0.4) is 0 Å². The molecule has 3 aromatic rings. The lowest BCUT2D eigenvalue weighted by atomic mass is 10.2. The van der Waals surface area contributed by atoms with Crippen molar-refractivity contribution in [2.24, 2.45) is 0 Å². The number of fused-ring (bicyclic) bond motifs is 1. The molecule has 2 N–H and O–H groups in total. The minimum absolute atomic E-state index is 0.153. The second kappa shape index (κ2) is 11.9. The molecule has 11 heteroatoms. The van der Waals surface area contributed by atoms with E-state index in [0.29, 0.717) is 55.7 Å². The van der Waals surface area contributed by atoms with Crippen LogP contribution < -0.4 is 15.4 Å². The monoisotopic (exact) mass is 532 g/mol. The second-order valence-electron chi connectivity index (χ2n) is 8.38. The summed E-state index contributed by atoms with van der Waals surface area (Å²) in [6, 6.07) is 12.1. The van der Waals surface area contributed by atoms with Gasteiger partial charge in [0.2, 0.25) is 10.0 Å². The van der Waals surface area contributed by atoms with Gasteiger partial charge in [-0.15, -0.1) is 0 Å². The number of hydrogen-bond donors (Lipinski definition) is 2. The van der Waals surface area contributed by atoms with Gasteiger partial charge in [-0.2, -0.15) is 4.31 Å². The number of morpholine rings is 1. The van der Waals surface area contributed by atoms with E-state index in [-0.39, 0.29) is 17.4 Å². The Hall–Kier alpha value is -2.92. The predicted octanol–water partition coefficient (Wildman–Crippen LogP) is 3.21. The van der Waals surface area contributed by atoms with Gasteiger partial charge < -0.3 is 20.1 Å².